The number of hydrogen-bond donors (Lipinski definition) is 1. The number of carbonyl (C=O) groups excluding carboxylic acids is 1. The van der Waals surface area contributed by atoms with Crippen LogP contribution in [-0.2, 0) is 11.2 Å². The molecule has 0 aliphatic rings. The maximum absolute atomic E-state index is 13.7. The summed E-state index contributed by atoms with van der Waals surface area (Å²) in [5, 5.41) is 3.50. The average Bonchev–Trinajstić information content (AvgIpc) is 2.90. The van der Waals surface area contributed by atoms with Crippen molar-refractivity contribution in [1.82, 2.24) is 14.5 Å². The van der Waals surface area contributed by atoms with E-state index in [4.69, 9.17) is 9.72 Å². The van der Waals surface area contributed by atoms with Gasteiger partial charge in [-0.1, -0.05) is 48.9 Å². The molecule has 1 aromatic heterocycles. The number of aromatic nitrogens is 2. The van der Waals surface area contributed by atoms with E-state index in [1.54, 1.807) is 22.6 Å². The molecule has 7 heteroatoms. The molecule has 0 aliphatic heterocycles. The van der Waals surface area contributed by atoms with Gasteiger partial charge in [-0.3, -0.25) is 9.36 Å². The number of rotatable bonds is 8. The molecule has 4 rings (SSSR count). The summed E-state index contributed by atoms with van der Waals surface area (Å²) in [7, 11) is 1.60. The highest BCUT2D eigenvalue weighted by atomic mass is 16.5. The Bertz CT molecular complexity index is 1400. The van der Waals surface area contributed by atoms with Crippen molar-refractivity contribution in [2.24, 2.45) is 0 Å². The van der Waals surface area contributed by atoms with Crippen LogP contribution in [0.25, 0.3) is 16.6 Å². The first kappa shape index (κ1) is 25.1. The second kappa shape index (κ2) is 11.2. The number of methoxy groups -OCH3 is 1. The van der Waals surface area contributed by atoms with E-state index >= 15 is 0 Å². The van der Waals surface area contributed by atoms with Gasteiger partial charge in [-0.25, -0.2) is 9.78 Å². The van der Waals surface area contributed by atoms with Gasteiger partial charge in [0.05, 0.1) is 29.2 Å². The lowest BCUT2D eigenvalue weighted by atomic mass is 10.1. The van der Waals surface area contributed by atoms with Crippen LogP contribution in [0.4, 0.5) is 10.5 Å². The van der Waals surface area contributed by atoms with Gasteiger partial charge in [0.15, 0.2) is 0 Å². The molecule has 0 bridgehead atoms. The minimum atomic E-state index is -0.520. The molecular weight excluding hydrogens is 452 g/mol. The standard InChI is InChI=1S/C29H32N4O3/c1-5-22-12-16-24(17-13-22)33-27(31-26-9-7-6-8-25(26)28(33)34)21(3)32(18-19-36-4)29(35)30-23-14-10-20(2)11-15-23/h6-17,21H,5,18-19H2,1-4H3,(H,30,35). The van der Waals surface area contributed by atoms with Crippen LogP contribution in [-0.4, -0.2) is 40.7 Å². The Morgan fingerprint density at radius 1 is 1.06 bits per heavy atom. The second-order valence-corrected chi connectivity index (χ2v) is 8.81. The van der Waals surface area contributed by atoms with Crippen LogP contribution in [0.3, 0.4) is 0 Å². The number of fused-ring (bicyclic) bond motifs is 1. The van der Waals surface area contributed by atoms with Gasteiger partial charge in [-0.15, -0.1) is 0 Å². The van der Waals surface area contributed by atoms with E-state index in [0.717, 1.165) is 12.0 Å². The first-order chi connectivity index (χ1) is 17.4. The van der Waals surface area contributed by atoms with E-state index in [2.05, 4.69) is 12.2 Å². The average molecular weight is 485 g/mol. The number of aryl methyl sites for hydroxylation is 2. The zero-order valence-electron chi connectivity index (χ0n) is 21.2. The molecular formula is C29H32N4O3. The largest absolute Gasteiger partial charge is 0.383 e. The monoisotopic (exact) mass is 484 g/mol. The van der Waals surface area contributed by atoms with Crippen molar-refractivity contribution in [3.63, 3.8) is 0 Å². The molecule has 36 heavy (non-hydrogen) atoms. The fraction of sp³-hybridized carbons (Fsp3) is 0.276. The first-order valence-electron chi connectivity index (χ1n) is 12.2. The van der Waals surface area contributed by atoms with Crippen molar-refractivity contribution in [3.05, 3.63) is 100 Å². The predicted molar refractivity (Wildman–Crippen MR) is 144 cm³/mol. The molecule has 0 fully saturated rings. The van der Waals surface area contributed by atoms with Gasteiger partial charge >= 0.3 is 6.03 Å². The van der Waals surface area contributed by atoms with Crippen LogP contribution < -0.4 is 10.9 Å². The van der Waals surface area contributed by atoms with E-state index < -0.39 is 6.04 Å². The van der Waals surface area contributed by atoms with E-state index in [1.807, 2.05) is 80.6 Å². The molecule has 0 saturated carbocycles. The van der Waals surface area contributed by atoms with Gasteiger partial charge in [0.1, 0.15) is 5.82 Å². The van der Waals surface area contributed by atoms with Crippen molar-refractivity contribution < 1.29 is 9.53 Å². The minimum Gasteiger partial charge on any atom is -0.383 e. The van der Waals surface area contributed by atoms with Gasteiger partial charge in [0.25, 0.3) is 5.56 Å². The molecule has 2 amide bonds. The third kappa shape index (κ3) is 5.31. The van der Waals surface area contributed by atoms with Crippen LogP contribution in [0.5, 0.6) is 0 Å². The summed E-state index contributed by atoms with van der Waals surface area (Å²) in [6.07, 6.45) is 0.901. The van der Waals surface area contributed by atoms with Crippen LogP contribution in [0.15, 0.2) is 77.6 Å². The maximum Gasteiger partial charge on any atom is 0.322 e. The van der Waals surface area contributed by atoms with Gasteiger partial charge in [0.2, 0.25) is 0 Å². The number of anilines is 1. The highest BCUT2D eigenvalue weighted by molar-refractivity contribution is 5.89. The Kier molecular flexibility index (Phi) is 7.80. The summed E-state index contributed by atoms with van der Waals surface area (Å²) in [6.45, 7) is 6.64. The molecule has 1 atom stereocenters. The molecule has 0 radical (unpaired) electrons. The van der Waals surface area contributed by atoms with Crippen LogP contribution in [0.1, 0.15) is 36.8 Å². The number of amides is 2. The number of ether oxygens (including phenoxy) is 1. The minimum absolute atomic E-state index is 0.169. The van der Waals surface area contributed by atoms with E-state index in [1.165, 1.54) is 5.56 Å². The summed E-state index contributed by atoms with van der Waals surface area (Å²) in [4.78, 5) is 33.7. The molecule has 1 heterocycles. The Labute approximate surface area is 211 Å². The lowest BCUT2D eigenvalue weighted by Crippen LogP contribution is -2.41. The topological polar surface area (TPSA) is 76.5 Å². The zero-order chi connectivity index (χ0) is 25.7. The summed E-state index contributed by atoms with van der Waals surface area (Å²) in [5.41, 5.74) is 4.11. The lowest BCUT2D eigenvalue weighted by Gasteiger charge is -2.30. The summed E-state index contributed by atoms with van der Waals surface area (Å²) in [6, 6.07) is 22.0. The van der Waals surface area contributed by atoms with Crippen LogP contribution >= 0.6 is 0 Å². The van der Waals surface area contributed by atoms with Gasteiger partial charge < -0.3 is 15.0 Å². The summed E-state index contributed by atoms with van der Waals surface area (Å²) >= 11 is 0. The Morgan fingerprint density at radius 3 is 2.42 bits per heavy atom. The summed E-state index contributed by atoms with van der Waals surface area (Å²) < 4.78 is 6.91. The highest BCUT2D eigenvalue weighted by Crippen LogP contribution is 2.24. The lowest BCUT2D eigenvalue weighted by molar-refractivity contribution is 0.137. The van der Waals surface area contributed by atoms with Crippen molar-refractivity contribution in [2.75, 3.05) is 25.6 Å². The molecule has 0 saturated heterocycles. The predicted octanol–water partition coefficient (Wildman–Crippen LogP) is 5.50. The second-order valence-electron chi connectivity index (χ2n) is 8.81. The van der Waals surface area contributed by atoms with E-state index in [0.29, 0.717) is 41.3 Å². The van der Waals surface area contributed by atoms with Gasteiger partial charge in [-0.2, -0.15) is 0 Å². The number of nitrogens with one attached hydrogen (secondary N) is 1. The first-order valence-corrected chi connectivity index (χ1v) is 12.2. The van der Waals surface area contributed by atoms with Crippen molar-refractivity contribution in [1.29, 1.82) is 0 Å². The van der Waals surface area contributed by atoms with E-state index in [9.17, 15) is 9.59 Å². The number of benzene rings is 3. The molecule has 7 nitrogen and oxygen atoms in total. The van der Waals surface area contributed by atoms with Crippen molar-refractivity contribution in [2.45, 2.75) is 33.2 Å². The fourth-order valence-corrected chi connectivity index (χ4v) is 4.19. The van der Waals surface area contributed by atoms with E-state index in [-0.39, 0.29) is 11.6 Å². The number of urea groups is 1. The number of para-hydroxylation sites is 1. The number of nitrogens with zero attached hydrogens (tertiary/aromatic N) is 3. The normalized spacial score (nSPS) is 11.9. The maximum atomic E-state index is 13.7. The molecule has 0 aliphatic carbocycles. The Balaban J connectivity index is 1.81. The Hall–Kier alpha value is -3.97. The van der Waals surface area contributed by atoms with Crippen molar-refractivity contribution in [3.8, 4) is 5.69 Å². The molecule has 3 aromatic carbocycles. The third-order valence-corrected chi connectivity index (χ3v) is 6.35. The van der Waals surface area contributed by atoms with Crippen LogP contribution in [0.2, 0.25) is 0 Å². The number of carbonyl (C=O) groups is 1. The zero-order valence-corrected chi connectivity index (χ0v) is 21.2. The molecule has 1 N–H and O–H groups in total. The highest BCUT2D eigenvalue weighted by Gasteiger charge is 2.27. The molecule has 4 aromatic rings. The van der Waals surface area contributed by atoms with Gasteiger partial charge in [-0.05, 0) is 62.2 Å². The van der Waals surface area contributed by atoms with Crippen LogP contribution in [0, 0.1) is 6.92 Å². The quantitative estimate of drug-likeness (QED) is 0.358. The van der Waals surface area contributed by atoms with Crippen molar-refractivity contribution >= 4 is 22.6 Å². The third-order valence-electron chi connectivity index (χ3n) is 6.35. The smallest absolute Gasteiger partial charge is 0.322 e. The molecule has 1 unspecified atom stereocenters. The molecule has 186 valence electrons. The van der Waals surface area contributed by atoms with Gasteiger partial charge in [0, 0.05) is 19.3 Å². The number of hydrogen-bond acceptors (Lipinski definition) is 4. The SMILES string of the molecule is CCc1ccc(-n2c(C(C)N(CCOC)C(=O)Nc3ccc(C)cc3)nc3ccccc3c2=O)cc1. The summed E-state index contributed by atoms with van der Waals surface area (Å²) in [5.74, 6) is 0.484. The fourth-order valence-electron chi connectivity index (χ4n) is 4.19. The Morgan fingerprint density at radius 2 is 1.75 bits per heavy atom. The molecule has 0 spiro atoms.